The van der Waals surface area contributed by atoms with Crippen LogP contribution in [0, 0.1) is 5.92 Å². The number of ether oxygens (including phenoxy) is 1. The smallest absolute Gasteiger partial charge is 0.393 e. The van der Waals surface area contributed by atoms with Gasteiger partial charge in [0.05, 0.1) is 11.5 Å². The lowest BCUT2D eigenvalue weighted by Gasteiger charge is -2.34. The van der Waals surface area contributed by atoms with Crippen LogP contribution in [0.1, 0.15) is 44.0 Å². The van der Waals surface area contributed by atoms with Crippen LogP contribution in [-0.2, 0) is 4.74 Å². The van der Waals surface area contributed by atoms with E-state index in [1.807, 2.05) is 0 Å². The third kappa shape index (κ3) is 5.00. The molecule has 1 aliphatic heterocycles. The van der Waals surface area contributed by atoms with Gasteiger partial charge < -0.3 is 9.64 Å². The number of anilines is 1. The molecule has 0 saturated carbocycles. The summed E-state index contributed by atoms with van der Waals surface area (Å²) in [6.07, 6.45) is -3.75. The molecule has 8 heteroatoms. The van der Waals surface area contributed by atoms with Gasteiger partial charge in [-0.25, -0.2) is 9.78 Å². The third-order valence-electron chi connectivity index (χ3n) is 3.62. The van der Waals surface area contributed by atoms with E-state index in [9.17, 15) is 18.0 Å². The predicted octanol–water partition coefficient (Wildman–Crippen LogP) is 4.47. The Labute approximate surface area is 143 Å². The molecule has 2 heterocycles. The van der Waals surface area contributed by atoms with E-state index in [0.717, 1.165) is 0 Å². The molecule has 134 valence electrons. The minimum absolute atomic E-state index is 0.0440. The highest BCUT2D eigenvalue weighted by atomic mass is 35.5. The summed E-state index contributed by atoms with van der Waals surface area (Å²) in [7, 11) is 0. The SMILES string of the molecule is CC(C)(C)OC(=O)c1cc(Cl)nc(N2CCCC(C(F)(F)F)C2)c1. The van der Waals surface area contributed by atoms with E-state index in [-0.39, 0.29) is 29.5 Å². The van der Waals surface area contributed by atoms with Gasteiger partial charge in [-0.1, -0.05) is 11.6 Å². The molecule has 24 heavy (non-hydrogen) atoms. The van der Waals surface area contributed by atoms with Crippen LogP contribution in [0.15, 0.2) is 12.1 Å². The topological polar surface area (TPSA) is 42.4 Å². The molecular weight excluding hydrogens is 345 g/mol. The molecule has 1 atom stereocenters. The van der Waals surface area contributed by atoms with Crippen LogP contribution >= 0.6 is 11.6 Å². The maximum absolute atomic E-state index is 13.0. The number of rotatable bonds is 2. The molecule has 0 aromatic carbocycles. The second-order valence-electron chi connectivity index (χ2n) is 6.87. The van der Waals surface area contributed by atoms with Crippen LogP contribution < -0.4 is 4.90 Å². The lowest BCUT2D eigenvalue weighted by molar-refractivity contribution is -0.176. The highest BCUT2D eigenvalue weighted by Gasteiger charge is 2.42. The van der Waals surface area contributed by atoms with Crippen molar-refractivity contribution in [2.24, 2.45) is 5.92 Å². The van der Waals surface area contributed by atoms with Crippen molar-refractivity contribution in [1.82, 2.24) is 4.98 Å². The summed E-state index contributed by atoms with van der Waals surface area (Å²) >= 11 is 5.94. The van der Waals surface area contributed by atoms with E-state index in [4.69, 9.17) is 16.3 Å². The van der Waals surface area contributed by atoms with Crippen LogP contribution in [-0.4, -0.2) is 35.8 Å². The number of carbonyl (C=O) groups excluding carboxylic acids is 1. The van der Waals surface area contributed by atoms with Gasteiger partial charge in [-0.05, 0) is 45.7 Å². The van der Waals surface area contributed by atoms with Crippen molar-refractivity contribution >= 4 is 23.4 Å². The molecule has 1 aromatic rings. The summed E-state index contributed by atoms with van der Waals surface area (Å²) in [6, 6.07) is 2.78. The second kappa shape index (κ2) is 6.78. The van der Waals surface area contributed by atoms with Crippen molar-refractivity contribution in [3.63, 3.8) is 0 Å². The standard InChI is InChI=1S/C16H20ClF3N2O2/c1-15(2,3)24-14(23)10-7-12(17)21-13(8-10)22-6-4-5-11(9-22)16(18,19)20/h7-8,11H,4-6,9H2,1-3H3. The van der Waals surface area contributed by atoms with Crippen molar-refractivity contribution in [3.05, 3.63) is 22.8 Å². The first kappa shape index (κ1) is 18.8. The number of hydrogen-bond acceptors (Lipinski definition) is 4. The molecule has 0 aliphatic carbocycles. The number of pyridine rings is 1. The summed E-state index contributed by atoms with van der Waals surface area (Å²) in [4.78, 5) is 17.7. The quantitative estimate of drug-likeness (QED) is 0.573. The molecule has 4 nitrogen and oxygen atoms in total. The zero-order chi connectivity index (χ0) is 18.1. The Hall–Kier alpha value is -1.50. The number of hydrogen-bond donors (Lipinski definition) is 0. The fraction of sp³-hybridized carbons (Fsp3) is 0.625. The van der Waals surface area contributed by atoms with E-state index >= 15 is 0 Å². The lowest BCUT2D eigenvalue weighted by Crippen LogP contribution is -2.42. The number of carbonyl (C=O) groups is 1. The number of nitrogens with zero attached hydrogens (tertiary/aromatic N) is 2. The van der Waals surface area contributed by atoms with Gasteiger partial charge in [0.15, 0.2) is 0 Å². The fourth-order valence-corrected chi connectivity index (χ4v) is 2.76. The highest BCUT2D eigenvalue weighted by Crippen LogP contribution is 2.34. The average molecular weight is 365 g/mol. The monoisotopic (exact) mass is 364 g/mol. The van der Waals surface area contributed by atoms with Crippen LogP contribution in [0.5, 0.6) is 0 Å². The second-order valence-corrected chi connectivity index (χ2v) is 7.25. The molecule has 1 aliphatic rings. The van der Waals surface area contributed by atoms with Gasteiger partial charge in [0.25, 0.3) is 0 Å². The number of esters is 1. The Morgan fingerprint density at radius 3 is 2.58 bits per heavy atom. The van der Waals surface area contributed by atoms with E-state index in [1.54, 1.807) is 20.8 Å². The average Bonchev–Trinajstić information content (AvgIpc) is 2.44. The zero-order valence-electron chi connectivity index (χ0n) is 13.8. The van der Waals surface area contributed by atoms with Crippen molar-refractivity contribution < 1.29 is 22.7 Å². The molecule has 0 radical (unpaired) electrons. The van der Waals surface area contributed by atoms with Crippen LogP contribution in [0.2, 0.25) is 5.15 Å². The maximum atomic E-state index is 13.0. The van der Waals surface area contributed by atoms with Gasteiger partial charge in [0.2, 0.25) is 0 Å². The molecule has 0 spiro atoms. The van der Waals surface area contributed by atoms with E-state index in [0.29, 0.717) is 13.0 Å². The molecular formula is C16H20ClF3N2O2. The van der Waals surface area contributed by atoms with Crippen molar-refractivity contribution in [3.8, 4) is 0 Å². The van der Waals surface area contributed by atoms with Crippen LogP contribution in [0.4, 0.5) is 19.0 Å². The molecule has 0 N–H and O–H groups in total. The van der Waals surface area contributed by atoms with Crippen LogP contribution in [0.25, 0.3) is 0 Å². The molecule has 0 amide bonds. The Balaban J connectivity index is 2.23. The summed E-state index contributed by atoms with van der Waals surface area (Å²) < 4.78 is 44.1. The first-order valence-corrected chi connectivity index (χ1v) is 8.06. The van der Waals surface area contributed by atoms with E-state index < -0.39 is 23.7 Å². The zero-order valence-corrected chi connectivity index (χ0v) is 14.5. The summed E-state index contributed by atoms with van der Waals surface area (Å²) in [6.45, 7) is 5.44. The summed E-state index contributed by atoms with van der Waals surface area (Å²) in [5.74, 6) is -1.73. The summed E-state index contributed by atoms with van der Waals surface area (Å²) in [5, 5.41) is 0.0440. The highest BCUT2D eigenvalue weighted by molar-refractivity contribution is 6.29. The third-order valence-corrected chi connectivity index (χ3v) is 3.82. The largest absolute Gasteiger partial charge is 0.456 e. The van der Waals surface area contributed by atoms with Crippen molar-refractivity contribution in [2.75, 3.05) is 18.0 Å². The normalized spacial score (nSPS) is 19.3. The van der Waals surface area contributed by atoms with Gasteiger partial charge in [-0.2, -0.15) is 13.2 Å². The molecule has 2 rings (SSSR count). The van der Waals surface area contributed by atoms with Gasteiger partial charge in [-0.15, -0.1) is 0 Å². The Morgan fingerprint density at radius 2 is 2.00 bits per heavy atom. The minimum atomic E-state index is -4.24. The first-order chi connectivity index (χ1) is 11.0. The van der Waals surface area contributed by atoms with Crippen molar-refractivity contribution in [2.45, 2.75) is 45.4 Å². The number of aromatic nitrogens is 1. The van der Waals surface area contributed by atoms with Crippen LogP contribution in [0.3, 0.4) is 0 Å². The first-order valence-electron chi connectivity index (χ1n) is 7.68. The molecule has 0 bridgehead atoms. The predicted molar refractivity (Wildman–Crippen MR) is 85.4 cm³/mol. The minimum Gasteiger partial charge on any atom is -0.456 e. The van der Waals surface area contributed by atoms with Gasteiger partial charge >= 0.3 is 12.1 Å². The number of piperidine rings is 1. The summed E-state index contributed by atoms with van der Waals surface area (Å²) in [5.41, 5.74) is -0.506. The molecule has 1 unspecified atom stereocenters. The fourth-order valence-electron chi connectivity index (χ4n) is 2.55. The number of halogens is 4. The maximum Gasteiger partial charge on any atom is 0.393 e. The molecule has 1 aromatic heterocycles. The lowest BCUT2D eigenvalue weighted by atomic mass is 9.97. The Bertz CT molecular complexity index is 614. The molecule has 1 saturated heterocycles. The van der Waals surface area contributed by atoms with E-state index in [2.05, 4.69) is 4.98 Å². The Kier molecular flexibility index (Phi) is 5.32. The molecule has 1 fully saturated rings. The van der Waals surface area contributed by atoms with E-state index in [1.165, 1.54) is 17.0 Å². The Morgan fingerprint density at radius 1 is 1.33 bits per heavy atom. The van der Waals surface area contributed by atoms with Gasteiger partial charge in [0, 0.05) is 13.1 Å². The van der Waals surface area contributed by atoms with Gasteiger partial charge in [-0.3, -0.25) is 0 Å². The van der Waals surface area contributed by atoms with Gasteiger partial charge in [0.1, 0.15) is 16.6 Å². The van der Waals surface area contributed by atoms with Crippen molar-refractivity contribution in [1.29, 1.82) is 0 Å². The number of alkyl halides is 3.